The molecule has 168 valence electrons. The fraction of sp³-hybridized carbons (Fsp3) is 0.292. The van der Waals surface area contributed by atoms with E-state index < -0.39 is 0 Å². The summed E-state index contributed by atoms with van der Waals surface area (Å²) in [5, 5.41) is 8.05. The van der Waals surface area contributed by atoms with Crippen LogP contribution in [0.15, 0.2) is 49.1 Å². The Kier molecular flexibility index (Phi) is 5.47. The monoisotopic (exact) mass is 442 g/mol. The number of nitrogens with one attached hydrogen (secondary N) is 1. The van der Waals surface area contributed by atoms with Gasteiger partial charge in [0, 0.05) is 73.4 Å². The van der Waals surface area contributed by atoms with E-state index in [1.54, 1.807) is 29.3 Å². The lowest BCUT2D eigenvalue weighted by Crippen LogP contribution is -2.44. The first kappa shape index (κ1) is 21.0. The molecule has 1 amide bonds. The lowest BCUT2D eigenvalue weighted by Gasteiger charge is -2.33. The highest BCUT2D eigenvalue weighted by molar-refractivity contribution is 6.05. The number of rotatable bonds is 4. The SMILES string of the molecule is Cc1cc(C(=O)Nc2cc3cc(-c4cnn(C)c4)cnc3cn2)cc(N2CCN(C)CC2)n1. The summed E-state index contributed by atoms with van der Waals surface area (Å²) < 4.78 is 1.75. The van der Waals surface area contributed by atoms with Crippen molar-refractivity contribution in [3.8, 4) is 11.1 Å². The van der Waals surface area contributed by atoms with Gasteiger partial charge in [-0.15, -0.1) is 0 Å². The molecule has 1 aliphatic rings. The molecule has 5 heterocycles. The molecule has 4 aromatic heterocycles. The Hall–Kier alpha value is -3.85. The van der Waals surface area contributed by atoms with Crippen LogP contribution in [0.3, 0.4) is 0 Å². The lowest BCUT2D eigenvalue weighted by atomic mass is 10.1. The molecular formula is C24H26N8O. The molecule has 5 rings (SSSR count). The highest BCUT2D eigenvalue weighted by Crippen LogP contribution is 2.24. The first-order valence-corrected chi connectivity index (χ1v) is 10.9. The summed E-state index contributed by atoms with van der Waals surface area (Å²) in [6, 6.07) is 7.53. The molecule has 0 spiro atoms. The van der Waals surface area contributed by atoms with Crippen molar-refractivity contribution in [3.63, 3.8) is 0 Å². The topological polar surface area (TPSA) is 92.1 Å². The predicted molar refractivity (Wildman–Crippen MR) is 128 cm³/mol. The summed E-state index contributed by atoms with van der Waals surface area (Å²) in [5.74, 6) is 1.11. The summed E-state index contributed by atoms with van der Waals surface area (Å²) in [4.78, 5) is 31.1. The van der Waals surface area contributed by atoms with Crippen molar-refractivity contribution in [2.45, 2.75) is 6.92 Å². The van der Waals surface area contributed by atoms with Crippen molar-refractivity contribution in [1.82, 2.24) is 29.6 Å². The number of anilines is 2. The Balaban J connectivity index is 1.38. The van der Waals surface area contributed by atoms with Crippen molar-refractivity contribution >= 4 is 28.4 Å². The maximum atomic E-state index is 13.0. The number of carbonyl (C=O) groups excluding carboxylic acids is 1. The van der Waals surface area contributed by atoms with E-state index in [9.17, 15) is 4.79 Å². The molecule has 1 saturated heterocycles. The van der Waals surface area contributed by atoms with Crippen LogP contribution in [0.25, 0.3) is 22.0 Å². The van der Waals surface area contributed by atoms with Crippen LogP contribution < -0.4 is 10.2 Å². The molecule has 1 fully saturated rings. The highest BCUT2D eigenvalue weighted by Gasteiger charge is 2.18. The van der Waals surface area contributed by atoms with Crippen molar-refractivity contribution in [2.75, 3.05) is 43.4 Å². The number of amides is 1. The van der Waals surface area contributed by atoms with Gasteiger partial charge in [-0.25, -0.2) is 9.97 Å². The second-order valence-electron chi connectivity index (χ2n) is 8.49. The van der Waals surface area contributed by atoms with Gasteiger partial charge in [0.2, 0.25) is 0 Å². The van der Waals surface area contributed by atoms with Crippen molar-refractivity contribution < 1.29 is 4.79 Å². The van der Waals surface area contributed by atoms with Crippen molar-refractivity contribution in [1.29, 1.82) is 0 Å². The van der Waals surface area contributed by atoms with E-state index in [0.29, 0.717) is 11.4 Å². The van der Waals surface area contributed by atoms with Gasteiger partial charge in [0.25, 0.3) is 5.91 Å². The summed E-state index contributed by atoms with van der Waals surface area (Å²) in [6.07, 6.45) is 7.22. The molecule has 0 saturated carbocycles. The van der Waals surface area contributed by atoms with Gasteiger partial charge in [-0.05, 0) is 38.2 Å². The molecule has 1 aliphatic heterocycles. The Morgan fingerprint density at radius 1 is 0.939 bits per heavy atom. The van der Waals surface area contributed by atoms with E-state index in [0.717, 1.165) is 59.7 Å². The smallest absolute Gasteiger partial charge is 0.257 e. The number of aryl methyl sites for hydroxylation is 2. The van der Waals surface area contributed by atoms with Gasteiger partial charge in [-0.3, -0.25) is 14.5 Å². The quantitative estimate of drug-likeness (QED) is 0.520. The average Bonchev–Trinajstić information content (AvgIpc) is 3.25. The van der Waals surface area contributed by atoms with Crippen LogP contribution in [-0.2, 0) is 7.05 Å². The van der Waals surface area contributed by atoms with Crippen LogP contribution >= 0.6 is 0 Å². The zero-order valence-corrected chi connectivity index (χ0v) is 19.0. The van der Waals surface area contributed by atoms with Crippen LogP contribution in [0, 0.1) is 6.92 Å². The van der Waals surface area contributed by atoms with E-state index in [1.807, 2.05) is 38.4 Å². The standard InChI is InChI=1S/C24H26N8O/c1-16-8-18(11-23(28-16)32-6-4-30(2)5-7-32)24(33)29-22-10-17-9-19(12-25-21(17)14-26-22)20-13-27-31(3)15-20/h8-15H,4-7H2,1-3H3,(H,26,29,33). The fourth-order valence-electron chi connectivity index (χ4n) is 4.00. The maximum Gasteiger partial charge on any atom is 0.257 e. The number of carbonyl (C=O) groups is 1. The second-order valence-corrected chi connectivity index (χ2v) is 8.49. The Bertz CT molecular complexity index is 1320. The minimum Gasteiger partial charge on any atom is -0.354 e. The van der Waals surface area contributed by atoms with Crippen LogP contribution in [0.2, 0.25) is 0 Å². The summed E-state index contributed by atoms with van der Waals surface area (Å²) in [5.41, 5.74) is 4.09. The fourth-order valence-corrected chi connectivity index (χ4v) is 4.00. The first-order valence-electron chi connectivity index (χ1n) is 10.9. The summed E-state index contributed by atoms with van der Waals surface area (Å²) in [6.45, 7) is 5.66. The van der Waals surface area contributed by atoms with Crippen molar-refractivity contribution in [2.24, 2.45) is 7.05 Å². The van der Waals surface area contributed by atoms with Crippen molar-refractivity contribution in [3.05, 3.63) is 60.3 Å². The lowest BCUT2D eigenvalue weighted by molar-refractivity contribution is 0.102. The Labute approximate surface area is 192 Å². The van der Waals surface area contributed by atoms with Gasteiger partial charge < -0.3 is 15.1 Å². The number of hydrogen-bond donors (Lipinski definition) is 1. The minimum absolute atomic E-state index is 0.209. The third kappa shape index (κ3) is 4.54. The number of aromatic nitrogens is 5. The molecule has 1 N–H and O–H groups in total. The average molecular weight is 443 g/mol. The molecule has 4 aromatic rings. The highest BCUT2D eigenvalue weighted by atomic mass is 16.1. The third-order valence-corrected chi connectivity index (χ3v) is 5.88. The summed E-state index contributed by atoms with van der Waals surface area (Å²) >= 11 is 0. The molecule has 0 unspecified atom stereocenters. The molecule has 0 aromatic carbocycles. The third-order valence-electron chi connectivity index (χ3n) is 5.88. The van der Waals surface area contributed by atoms with Gasteiger partial charge in [-0.1, -0.05) is 0 Å². The summed E-state index contributed by atoms with van der Waals surface area (Å²) in [7, 11) is 4.00. The Morgan fingerprint density at radius 3 is 2.52 bits per heavy atom. The molecule has 0 atom stereocenters. The normalized spacial score (nSPS) is 14.6. The molecule has 33 heavy (non-hydrogen) atoms. The Morgan fingerprint density at radius 2 is 1.76 bits per heavy atom. The predicted octanol–water partition coefficient (Wildman–Crippen LogP) is 2.74. The molecule has 0 radical (unpaired) electrons. The minimum atomic E-state index is -0.209. The first-order chi connectivity index (χ1) is 15.9. The number of likely N-dealkylation sites (N-methyl/N-ethyl adjacent to an activating group) is 1. The molecule has 0 aliphatic carbocycles. The number of nitrogens with zero attached hydrogens (tertiary/aromatic N) is 7. The van der Waals surface area contributed by atoms with Crippen LogP contribution in [0.5, 0.6) is 0 Å². The number of fused-ring (bicyclic) bond motifs is 1. The zero-order chi connectivity index (χ0) is 22.9. The van der Waals surface area contributed by atoms with Gasteiger partial charge in [0.15, 0.2) is 0 Å². The van der Waals surface area contributed by atoms with Gasteiger partial charge in [-0.2, -0.15) is 5.10 Å². The number of piperazine rings is 1. The van der Waals surface area contributed by atoms with E-state index in [4.69, 9.17) is 0 Å². The number of pyridine rings is 3. The molecule has 9 heteroatoms. The van der Waals surface area contributed by atoms with Gasteiger partial charge in [0.05, 0.1) is 17.9 Å². The zero-order valence-electron chi connectivity index (χ0n) is 19.0. The largest absolute Gasteiger partial charge is 0.354 e. The van der Waals surface area contributed by atoms with Gasteiger partial charge >= 0.3 is 0 Å². The van der Waals surface area contributed by atoms with E-state index in [2.05, 4.69) is 42.2 Å². The second kappa shape index (κ2) is 8.59. The number of hydrogen-bond acceptors (Lipinski definition) is 7. The van der Waals surface area contributed by atoms with Gasteiger partial charge in [0.1, 0.15) is 11.6 Å². The van der Waals surface area contributed by atoms with E-state index in [-0.39, 0.29) is 5.91 Å². The molecular weight excluding hydrogens is 416 g/mol. The molecule has 9 nitrogen and oxygen atoms in total. The van der Waals surface area contributed by atoms with E-state index in [1.165, 1.54) is 0 Å². The molecule has 0 bridgehead atoms. The van der Waals surface area contributed by atoms with Crippen LogP contribution in [0.1, 0.15) is 16.1 Å². The maximum absolute atomic E-state index is 13.0. The van der Waals surface area contributed by atoms with Crippen LogP contribution in [-0.4, -0.2) is 68.8 Å². The van der Waals surface area contributed by atoms with E-state index >= 15 is 0 Å². The van der Waals surface area contributed by atoms with Crippen LogP contribution in [0.4, 0.5) is 11.6 Å².